The number of hydrogen-bond acceptors (Lipinski definition) is 9. The van der Waals surface area contributed by atoms with Crippen LogP contribution in [0.1, 0.15) is 0 Å². The standard InChI is InChI=1S/C25H19ClN4O5S3/c1-34-16-8-6-15(7-9-16)30-38(32,33)17-10-11-22-20(12-17)28-25(35-22)37-14-23(31)29-24-27-21(13-36-24)18-4-2-3-5-19(18)26/h2-13,30H,14H2,1H3,(H,27,29,31). The first kappa shape index (κ1) is 26.0. The van der Waals surface area contributed by atoms with Crippen LogP contribution in [-0.4, -0.2) is 37.2 Å². The van der Waals surface area contributed by atoms with E-state index in [1.807, 2.05) is 23.6 Å². The Kier molecular flexibility index (Phi) is 7.56. The molecule has 2 heterocycles. The van der Waals surface area contributed by atoms with Crippen molar-refractivity contribution in [3.05, 3.63) is 77.1 Å². The first-order valence-electron chi connectivity index (χ1n) is 11.0. The number of ether oxygens (including phenoxy) is 1. The van der Waals surface area contributed by atoms with Gasteiger partial charge >= 0.3 is 0 Å². The molecule has 5 aromatic rings. The van der Waals surface area contributed by atoms with Gasteiger partial charge in [0.2, 0.25) is 5.91 Å². The van der Waals surface area contributed by atoms with Crippen molar-refractivity contribution in [1.82, 2.24) is 9.97 Å². The Hall–Kier alpha value is -3.58. The fourth-order valence-corrected chi connectivity index (χ4v) is 6.07. The predicted molar refractivity (Wildman–Crippen MR) is 150 cm³/mol. The highest BCUT2D eigenvalue weighted by Gasteiger charge is 2.18. The molecule has 0 unspecified atom stereocenters. The molecule has 2 aromatic heterocycles. The Balaban J connectivity index is 1.22. The average molecular weight is 587 g/mol. The largest absolute Gasteiger partial charge is 0.497 e. The van der Waals surface area contributed by atoms with E-state index in [0.717, 1.165) is 17.3 Å². The fourth-order valence-electron chi connectivity index (χ4n) is 3.39. The number of aromatic nitrogens is 2. The predicted octanol–water partition coefficient (Wildman–Crippen LogP) is 6.14. The number of carbonyl (C=O) groups is 1. The summed E-state index contributed by atoms with van der Waals surface area (Å²) >= 11 is 8.60. The van der Waals surface area contributed by atoms with Gasteiger partial charge in [0, 0.05) is 21.7 Å². The summed E-state index contributed by atoms with van der Waals surface area (Å²) in [6.07, 6.45) is 0. The van der Waals surface area contributed by atoms with Crippen LogP contribution in [-0.2, 0) is 14.8 Å². The van der Waals surface area contributed by atoms with E-state index in [2.05, 4.69) is 20.0 Å². The summed E-state index contributed by atoms with van der Waals surface area (Å²) in [5.74, 6) is 0.353. The summed E-state index contributed by atoms with van der Waals surface area (Å²) in [6.45, 7) is 0. The van der Waals surface area contributed by atoms with Crippen molar-refractivity contribution in [3.8, 4) is 17.0 Å². The Labute approximate surface area is 231 Å². The summed E-state index contributed by atoms with van der Waals surface area (Å²) in [5.41, 5.74) is 2.62. The number of methoxy groups -OCH3 is 1. The van der Waals surface area contributed by atoms with Crippen LogP contribution in [0.25, 0.3) is 22.4 Å². The lowest BCUT2D eigenvalue weighted by Crippen LogP contribution is -2.13. The number of halogens is 1. The third-order valence-corrected chi connectivity index (χ3v) is 8.51. The van der Waals surface area contributed by atoms with Crippen LogP contribution >= 0.6 is 34.7 Å². The Morgan fingerprint density at radius 3 is 2.66 bits per heavy atom. The van der Waals surface area contributed by atoms with Gasteiger partial charge < -0.3 is 14.5 Å². The molecule has 3 aromatic carbocycles. The number of nitrogens with zero attached hydrogens (tertiary/aromatic N) is 2. The molecule has 5 rings (SSSR count). The van der Waals surface area contributed by atoms with Crippen LogP contribution in [0.2, 0.25) is 5.02 Å². The number of benzene rings is 3. The van der Waals surface area contributed by atoms with Gasteiger partial charge in [0.1, 0.15) is 11.3 Å². The summed E-state index contributed by atoms with van der Waals surface area (Å²) in [7, 11) is -2.32. The number of amides is 1. The number of anilines is 2. The zero-order valence-electron chi connectivity index (χ0n) is 19.7. The molecule has 0 spiro atoms. The van der Waals surface area contributed by atoms with E-state index in [-0.39, 0.29) is 21.8 Å². The van der Waals surface area contributed by atoms with Crippen LogP contribution in [0.5, 0.6) is 5.75 Å². The van der Waals surface area contributed by atoms with E-state index >= 15 is 0 Å². The van der Waals surface area contributed by atoms with Gasteiger partial charge in [0.05, 0.1) is 23.5 Å². The van der Waals surface area contributed by atoms with E-state index in [9.17, 15) is 13.2 Å². The number of fused-ring (bicyclic) bond motifs is 1. The highest BCUT2D eigenvalue weighted by molar-refractivity contribution is 7.99. The number of thiazole rings is 1. The fraction of sp³-hybridized carbons (Fsp3) is 0.0800. The van der Waals surface area contributed by atoms with Gasteiger partial charge in [0.15, 0.2) is 10.7 Å². The number of oxazole rings is 1. The monoisotopic (exact) mass is 586 g/mol. The lowest BCUT2D eigenvalue weighted by molar-refractivity contribution is -0.113. The van der Waals surface area contributed by atoms with E-state index in [1.165, 1.54) is 36.6 Å². The normalized spacial score (nSPS) is 11.4. The van der Waals surface area contributed by atoms with Gasteiger partial charge in [-0.2, -0.15) is 0 Å². The van der Waals surface area contributed by atoms with E-state index in [0.29, 0.717) is 38.4 Å². The molecule has 0 aliphatic heterocycles. The molecule has 194 valence electrons. The second-order valence-corrected chi connectivity index (χ2v) is 11.7. The zero-order chi connectivity index (χ0) is 26.7. The van der Waals surface area contributed by atoms with Crippen LogP contribution in [0.3, 0.4) is 0 Å². The molecule has 13 heteroatoms. The number of rotatable bonds is 9. The Morgan fingerprint density at radius 1 is 1.11 bits per heavy atom. The maximum atomic E-state index is 12.8. The second kappa shape index (κ2) is 11.0. The summed E-state index contributed by atoms with van der Waals surface area (Å²) in [5, 5.41) is 5.84. The molecule has 0 saturated carbocycles. The van der Waals surface area contributed by atoms with Crippen molar-refractivity contribution in [2.45, 2.75) is 10.1 Å². The van der Waals surface area contributed by atoms with Crippen LogP contribution in [0.4, 0.5) is 10.8 Å². The molecule has 0 aliphatic carbocycles. The van der Waals surface area contributed by atoms with Gasteiger partial charge in [-0.05, 0) is 48.5 Å². The van der Waals surface area contributed by atoms with Crippen molar-refractivity contribution in [3.63, 3.8) is 0 Å². The molecule has 9 nitrogen and oxygen atoms in total. The molecule has 38 heavy (non-hydrogen) atoms. The van der Waals surface area contributed by atoms with Crippen molar-refractivity contribution < 1.29 is 22.4 Å². The molecule has 0 bridgehead atoms. The van der Waals surface area contributed by atoms with Gasteiger partial charge in [-0.15, -0.1) is 11.3 Å². The number of sulfonamides is 1. The minimum atomic E-state index is -3.85. The lowest BCUT2D eigenvalue weighted by atomic mass is 10.2. The molecule has 0 saturated heterocycles. The quantitative estimate of drug-likeness (QED) is 0.197. The van der Waals surface area contributed by atoms with E-state index in [1.54, 1.807) is 30.3 Å². The highest BCUT2D eigenvalue weighted by Crippen LogP contribution is 2.31. The maximum Gasteiger partial charge on any atom is 0.261 e. The summed E-state index contributed by atoms with van der Waals surface area (Å²) < 4.78 is 39.0. The highest BCUT2D eigenvalue weighted by atomic mass is 35.5. The van der Waals surface area contributed by atoms with Crippen molar-refractivity contribution in [2.24, 2.45) is 0 Å². The van der Waals surface area contributed by atoms with Gasteiger partial charge in [0.25, 0.3) is 15.2 Å². The minimum Gasteiger partial charge on any atom is -0.497 e. The number of nitrogens with one attached hydrogen (secondary N) is 2. The maximum absolute atomic E-state index is 12.8. The lowest BCUT2D eigenvalue weighted by Gasteiger charge is -2.08. The smallest absolute Gasteiger partial charge is 0.261 e. The van der Waals surface area contributed by atoms with Crippen LogP contribution in [0.15, 0.2) is 86.6 Å². The molecule has 2 N–H and O–H groups in total. The van der Waals surface area contributed by atoms with Crippen LogP contribution in [0, 0.1) is 0 Å². The summed E-state index contributed by atoms with van der Waals surface area (Å²) in [6, 6.07) is 18.2. The molecular weight excluding hydrogens is 568 g/mol. The number of thioether (sulfide) groups is 1. The van der Waals surface area contributed by atoms with Crippen molar-refractivity contribution in [2.75, 3.05) is 22.9 Å². The van der Waals surface area contributed by atoms with E-state index in [4.69, 9.17) is 20.8 Å². The first-order valence-corrected chi connectivity index (χ1v) is 14.7. The zero-order valence-corrected chi connectivity index (χ0v) is 22.9. The molecule has 0 atom stereocenters. The third-order valence-electron chi connectivity index (χ3n) is 5.22. The molecule has 0 fully saturated rings. The Morgan fingerprint density at radius 2 is 1.89 bits per heavy atom. The first-order chi connectivity index (χ1) is 18.3. The summed E-state index contributed by atoms with van der Waals surface area (Å²) in [4.78, 5) is 21.2. The Bertz CT molecular complexity index is 1720. The SMILES string of the molecule is COc1ccc(NS(=O)(=O)c2ccc3oc(SCC(=O)Nc4nc(-c5ccccc5Cl)cs4)nc3c2)cc1. The third kappa shape index (κ3) is 5.94. The van der Waals surface area contributed by atoms with Gasteiger partial charge in [-0.3, -0.25) is 9.52 Å². The molecule has 0 aliphatic rings. The van der Waals surface area contributed by atoms with Gasteiger partial charge in [-0.25, -0.2) is 18.4 Å². The molecule has 0 radical (unpaired) electrons. The minimum absolute atomic E-state index is 0.0258. The molecular formula is C25H19ClN4O5S3. The molecule has 1 amide bonds. The van der Waals surface area contributed by atoms with E-state index < -0.39 is 10.0 Å². The number of hydrogen-bond donors (Lipinski definition) is 2. The van der Waals surface area contributed by atoms with Crippen molar-refractivity contribution >= 4 is 72.5 Å². The van der Waals surface area contributed by atoms with Gasteiger partial charge in [-0.1, -0.05) is 41.6 Å². The van der Waals surface area contributed by atoms with Crippen LogP contribution < -0.4 is 14.8 Å². The second-order valence-electron chi connectivity index (χ2n) is 7.80. The number of carbonyl (C=O) groups excluding carboxylic acids is 1. The topological polar surface area (TPSA) is 123 Å². The van der Waals surface area contributed by atoms with Crippen molar-refractivity contribution in [1.29, 1.82) is 0 Å². The average Bonchev–Trinajstić information content (AvgIpc) is 3.54.